The van der Waals surface area contributed by atoms with E-state index in [0.29, 0.717) is 62.3 Å². The second kappa shape index (κ2) is 9.80. The second-order valence-corrected chi connectivity index (χ2v) is 7.98. The average Bonchev–Trinajstić information content (AvgIpc) is 3.21. The molecular weight excluding hydrogens is 449 g/mol. The molecule has 1 aromatic carbocycles. The van der Waals surface area contributed by atoms with Gasteiger partial charge in [-0.1, -0.05) is 12.1 Å². The van der Waals surface area contributed by atoms with Crippen LogP contribution < -0.4 is 4.74 Å². The molecule has 1 saturated heterocycles. The van der Waals surface area contributed by atoms with Gasteiger partial charge in [0.15, 0.2) is 5.82 Å². The maximum absolute atomic E-state index is 13.1. The van der Waals surface area contributed by atoms with Gasteiger partial charge in [-0.25, -0.2) is 4.68 Å². The molecule has 0 saturated carbocycles. The summed E-state index contributed by atoms with van der Waals surface area (Å²) in [5.41, 5.74) is 1.31. The van der Waals surface area contributed by atoms with Gasteiger partial charge in [0.25, 0.3) is 5.91 Å². The molecule has 8 nitrogen and oxygen atoms in total. The van der Waals surface area contributed by atoms with E-state index in [4.69, 9.17) is 4.74 Å². The third-order valence-electron chi connectivity index (χ3n) is 5.72. The Bertz CT molecular complexity index is 1120. The predicted octanol–water partition coefficient (Wildman–Crippen LogP) is 3.35. The zero-order valence-electron chi connectivity index (χ0n) is 18.9. The fourth-order valence-corrected chi connectivity index (χ4v) is 3.84. The van der Waals surface area contributed by atoms with Crippen LogP contribution >= 0.6 is 0 Å². The summed E-state index contributed by atoms with van der Waals surface area (Å²) in [7, 11) is 0. The fraction of sp³-hybridized carbons (Fsp3) is 0.391. The van der Waals surface area contributed by atoms with Gasteiger partial charge in [-0.3, -0.25) is 9.69 Å². The smallest absolute Gasteiger partial charge is 0.416 e. The zero-order valence-corrected chi connectivity index (χ0v) is 18.9. The van der Waals surface area contributed by atoms with Gasteiger partial charge in [0.2, 0.25) is 5.88 Å². The summed E-state index contributed by atoms with van der Waals surface area (Å²) in [6.07, 6.45) is -2.81. The molecule has 0 spiro atoms. The van der Waals surface area contributed by atoms with E-state index in [-0.39, 0.29) is 5.91 Å². The molecule has 0 radical (unpaired) electrons. The first kappa shape index (κ1) is 23.7. The Kier molecular flexibility index (Phi) is 6.82. The van der Waals surface area contributed by atoms with Gasteiger partial charge in [0, 0.05) is 38.8 Å². The van der Waals surface area contributed by atoms with E-state index in [2.05, 4.69) is 20.2 Å². The molecule has 0 atom stereocenters. The van der Waals surface area contributed by atoms with E-state index in [1.54, 1.807) is 28.6 Å². The third-order valence-corrected chi connectivity index (χ3v) is 5.72. The molecule has 1 amide bonds. The van der Waals surface area contributed by atoms with Crippen LogP contribution in [0.15, 0.2) is 42.6 Å². The number of rotatable bonds is 6. The standard InChI is InChI=1S/C23H25F3N6O2/c1-3-34-21-9-8-20(28-29-21)32-16(2)19(14-27-32)22(33)31-12-10-30(11-13-31)15-17-4-6-18(7-5-17)23(24,25)26/h4-9,14H,3,10-13,15H2,1-2H3. The maximum Gasteiger partial charge on any atom is 0.416 e. The van der Waals surface area contributed by atoms with E-state index >= 15 is 0 Å². The predicted molar refractivity (Wildman–Crippen MR) is 118 cm³/mol. The van der Waals surface area contributed by atoms with Crippen molar-refractivity contribution in [3.63, 3.8) is 0 Å². The van der Waals surface area contributed by atoms with Crippen LogP contribution in [0.3, 0.4) is 0 Å². The Morgan fingerprint density at radius 3 is 2.32 bits per heavy atom. The van der Waals surface area contributed by atoms with Crippen molar-refractivity contribution in [2.75, 3.05) is 32.8 Å². The van der Waals surface area contributed by atoms with Crippen LogP contribution in [0.4, 0.5) is 13.2 Å². The normalized spacial score (nSPS) is 14.9. The minimum Gasteiger partial charge on any atom is -0.477 e. The monoisotopic (exact) mass is 474 g/mol. The summed E-state index contributed by atoms with van der Waals surface area (Å²) in [6.45, 7) is 6.99. The number of amides is 1. The number of piperazine rings is 1. The molecule has 180 valence electrons. The van der Waals surface area contributed by atoms with Crippen LogP contribution in [0.2, 0.25) is 0 Å². The topological polar surface area (TPSA) is 76.4 Å². The van der Waals surface area contributed by atoms with Crippen LogP contribution in [0, 0.1) is 6.92 Å². The van der Waals surface area contributed by atoms with E-state index in [0.717, 1.165) is 17.7 Å². The lowest BCUT2D eigenvalue weighted by molar-refractivity contribution is -0.137. The second-order valence-electron chi connectivity index (χ2n) is 7.98. The van der Waals surface area contributed by atoms with Crippen molar-refractivity contribution in [3.8, 4) is 11.7 Å². The quantitative estimate of drug-likeness (QED) is 0.546. The molecule has 3 aromatic rings. The first-order valence-corrected chi connectivity index (χ1v) is 11.0. The maximum atomic E-state index is 13.1. The molecule has 1 fully saturated rings. The number of alkyl halides is 3. The zero-order chi connectivity index (χ0) is 24.3. The number of carbonyl (C=O) groups excluding carboxylic acids is 1. The summed E-state index contributed by atoms with van der Waals surface area (Å²) in [5, 5.41) is 12.4. The van der Waals surface area contributed by atoms with E-state index in [9.17, 15) is 18.0 Å². The summed E-state index contributed by atoms with van der Waals surface area (Å²) in [6, 6.07) is 8.63. The van der Waals surface area contributed by atoms with E-state index in [1.165, 1.54) is 18.3 Å². The fourth-order valence-electron chi connectivity index (χ4n) is 3.84. The van der Waals surface area contributed by atoms with Crippen LogP contribution in [-0.4, -0.2) is 68.5 Å². The number of benzene rings is 1. The first-order valence-electron chi connectivity index (χ1n) is 11.0. The Morgan fingerprint density at radius 2 is 1.74 bits per heavy atom. The summed E-state index contributed by atoms with van der Waals surface area (Å²) < 4.78 is 45.1. The van der Waals surface area contributed by atoms with Crippen molar-refractivity contribution in [2.45, 2.75) is 26.6 Å². The van der Waals surface area contributed by atoms with Gasteiger partial charge in [0.1, 0.15) is 0 Å². The molecule has 11 heteroatoms. The van der Waals surface area contributed by atoms with Crippen molar-refractivity contribution >= 4 is 5.91 Å². The number of hydrogen-bond donors (Lipinski definition) is 0. The SMILES string of the molecule is CCOc1ccc(-n2ncc(C(=O)N3CCN(Cc4ccc(C(F)(F)F)cc4)CC3)c2C)nn1. The minimum atomic E-state index is -4.34. The Balaban J connectivity index is 1.35. The third kappa shape index (κ3) is 5.19. The van der Waals surface area contributed by atoms with Crippen LogP contribution in [0.1, 0.15) is 34.1 Å². The molecule has 1 aliphatic rings. The van der Waals surface area contributed by atoms with Crippen LogP contribution in [0.25, 0.3) is 5.82 Å². The summed E-state index contributed by atoms with van der Waals surface area (Å²) in [4.78, 5) is 17.0. The van der Waals surface area contributed by atoms with Gasteiger partial charge in [0.05, 0.1) is 29.6 Å². The molecule has 0 bridgehead atoms. The van der Waals surface area contributed by atoms with Crippen LogP contribution in [-0.2, 0) is 12.7 Å². The molecule has 0 N–H and O–H groups in total. The van der Waals surface area contributed by atoms with E-state index < -0.39 is 11.7 Å². The van der Waals surface area contributed by atoms with Gasteiger partial charge in [-0.2, -0.15) is 18.3 Å². The lowest BCUT2D eigenvalue weighted by Gasteiger charge is -2.34. The molecule has 34 heavy (non-hydrogen) atoms. The highest BCUT2D eigenvalue weighted by Gasteiger charge is 2.30. The van der Waals surface area contributed by atoms with Gasteiger partial charge in [-0.05, 0) is 37.6 Å². The first-order chi connectivity index (χ1) is 16.3. The highest BCUT2D eigenvalue weighted by molar-refractivity contribution is 5.95. The van der Waals surface area contributed by atoms with Crippen molar-refractivity contribution in [1.82, 2.24) is 29.8 Å². The highest BCUT2D eigenvalue weighted by atomic mass is 19.4. The largest absolute Gasteiger partial charge is 0.477 e. The molecule has 0 aliphatic carbocycles. The molecular formula is C23H25F3N6O2. The molecule has 1 aliphatic heterocycles. The van der Waals surface area contributed by atoms with E-state index in [1.807, 2.05) is 6.92 Å². The Hall–Kier alpha value is -3.47. The Morgan fingerprint density at radius 1 is 1.03 bits per heavy atom. The molecule has 4 rings (SSSR count). The number of ether oxygens (including phenoxy) is 1. The lowest BCUT2D eigenvalue weighted by atomic mass is 10.1. The van der Waals surface area contributed by atoms with Crippen LogP contribution in [0.5, 0.6) is 5.88 Å². The summed E-state index contributed by atoms with van der Waals surface area (Å²) >= 11 is 0. The Labute approximate surface area is 194 Å². The average molecular weight is 474 g/mol. The number of halogens is 3. The minimum absolute atomic E-state index is 0.114. The molecule has 0 unspecified atom stereocenters. The molecule has 3 heterocycles. The van der Waals surface area contributed by atoms with Crippen molar-refractivity contribution in [2.24, 2.45) is 0 Å². The number of nitrogens with zero attached hydrogens (tertiary/aromatic N) is 6. The number of aromatic nitrogens is 4. The van der Waals surface area contributed by atoms with Crippen molar-refractivity contribution in [1.29, 1.82) is 0 Å². The molecule has 2 aromatic heterocycles. The van der Waals surface area contributed by atoms with Gasteiger partial charge in [-0.15, -0.1) is 10.2 Å². The number of hydrogen-bond acceptors (Lipinski definition) is 6. The van der Waals surface area contributed by atoms with Crippen molar-refractivity contribution in [3.05, 3.63) is 65.0 Å². The van der Waals surface area contributed by atoms with Gasteiger partial charge >= 0.3 is 6.18 Å². The summed E-state index contributed by atoms with van der Waals surface area (Å²) in [5.74, 6) is 0.791. The number of carbonyl (C=O) groups is 1. The van der Waals surface area contributed by atoms with Crippen molar-refractivity contribution < 1.29 is 22.7 Å². The highest BCUT2D eigenvalue weighted by Crippen LogP contribution is 2.29. The van der Waals surface area contributed by atoms with Gasteiger partial charge < -0.3 is 9.64 Å². The lowest BCUT2D eigenvalue weighted by Crippen LogP contribution is -2.48.